The molecule has 178 valence electrons. The summed E-state index contributed by atoms with van der Waals surface area (Å²) in [6.45, 7) is 5.01. The van der Waals surface area contributed by atoms with Gasteiger partial charge in [0.05, 0.1) is 18.8 Å². The van der Waals surface area contributed by atoms with E-state index in [2.05, 4.69) is 31.9 Å². The van der Waals surface area contributed by atoms with E-state index in [1.807, 2.05) is 24.1 Å². The highest BCUT2D eigenvalue weighted by Gasteiger charge is 2.35. The summed E-state index contributed by atoms with van der Waals surface area (Å²) in [6, 6.07) is 9.94. The third-order valence-electron chi connectivity index (χ3n) is 6.34. The monoisotopic (exact) mass is 453 g/mol. The third-order valence-corrected chi connectivity index (χ3v) is 6.34. The molecule has 0 bridgehead atoms. The van der Waals surface area contributed by atoms with E-state index >= 15 is 0 Å². The van der Waals surface area contributed by atoms with Gasteiger partial charge >= 0.3 is 0 Å². The second-order valence-corrected chi connectivity index (χ2v) is 9.30. The van der Waals surface area contributed by atoms with Gasteiger partial charge in [0.1, 0.15) is 5.75 Å². The van der Waals surface area contributed by atoms with Gasteiger partial charge in [0.2, 0.25) is 11.9 Å². The number of anilines is 1. The maximum Gasteiger partial charge on any atom is 0.225 e. The second kappa shape index (κ2) is 10.9. The fourth-order valence-corrected chi connectivity index (χ4v) is 4.81. The first-order valence-corrected chi connectivity index (χ1v) is 11.9. The van der Waals surface area contributed by atoms with Crippen molar-refractivity contribution >= 4 is 11.9 Å². The molecule has 0 spiro atoms. The fraction of sp³-hybridized carbons (Fsp3) is 0.560. The van der Waals surface area contributed by atoms with Gasteiger partial charge in [-0.3, -0.25) is 9.69 Å². The van der Waals surface area contributed by atoms with Gasteiger partial charge in [0.25, 0.3) is 0 Å². The predicted molar refractivity (Wildman–Crippen MR) is 127 cm³/mol. The zero-order chi connectivity index (χ0) is 23.1. The lowest BCUT2D eigenvalue weighted by molar-refractivity contribution is -0.127. The van der Waals surface area contributed by atoms with E-state index in [4.69, 9.17) is 4.74 Å². The summed E-state index contributed by atoms with van der Waals surface area (Å²) in [4.78, 5) is 26.5. The molecular weight excluding hydrogens is 418 g/mol. The smallest absolute Gasteiger partial charge is 0.225 e. The molecule has 2 aliphatic heterocycles. The average Bonchev–Trinajstić information content (AvgIpc) is 3.22. The average molecular weight is 454 g/mol. The van der Waals surface area contributed by atoms with Gasteiger partial charge in [-0.15, -0.1) is 0 Å². The van der Waals surface area contributed by atoms with Crippen LogP contribution in [0.15, 0.2) is 42.7 Å². The number of hydrogen-bond acceptors (Lipinski definition) is 7. The van der Waals surface area contributed by atoms with Crippen LogP contribution in [0.2, 0.25) is 0 Å². The number of aliphatic hydroxyl groups is 1. The largest absolute Gasteiger partial charge is 0.494 e. The first kappa shape index (κ1) is 23.4. The molecule has 3 heterocycles. The molecule has 2 aromatic rings. The summed E-state index contributed by atoms with van der Waals surface area (Å²) in [6.07, 6.45) is 7.69. The molecule has 33 heavy (non-hydrogen) atoms. The van der Waals surface area contributed by atoms with Gasteiger partial charge in [-0.05, 0) is 56.5 Å². The van der Waals surface area contributed by atoms with E-state index in [0.29, 0.717) is 32.1 Å². The van der Waals surface area contributed by atoms with Crippen molar-refractivity contribution in [2.24, 2.45) is 0 Å². The number of amides is 1. The molecule has 0 aliphatic carbocycles. The molecule has 8 nitrogen and oxygen atoms in total. The maximum absolute atomic E-state index is 11.6. The molecule has 1 aromatic carbocycles. The molecule has 2 aliphatic rings. The lowest BCUT2D eigenvalue weighted by Crippen LogP contribution is -2.54. The van der Waals surface area contributed by atoms with Crippen LogP contribution >= 0.6 is 0 Å². The highest BCUT2D eigenvalue weighted by molar-refractivity contribution is 5.77. The van der Waals surface area contributed by atoms with Gasteiger partial charge in [-0.1, -0.05) is 12.1 Å². The maximum atomic E-state index is 11.6. The summed E-state index contributed by atoms with van der Waals surface area (Å²) < 4.78 is 5.84. The predicted octanol–water partition coefficient (Wildman–Crippen LogP) is 2.33. The van der Waals surface area contributed by atoms with Crippen molar-refractivity contribution in [3.8, 4) is 5.75 Å². The van der Waals surface area contributed by atoms with Gasteiger partial charge in [-0.25, -0.2) is 9.97 Å². The molecule has 2 fully saturated rings. The lowest BCUT2D eigenvalue weighted by Gasteiger charge is -2.41. The van der Waals surface area contributed by atoms with Crippen LogP contribution in [0.25, 0.3) is 0 Å². The molecule has 8 heteroatoms. The Bertz CT molecular complexity index is 895. The van der Waals surface area contributed by atoms with E-state index in [-0.39, 0.29) is 5.91 Å². The second-order valence-electron chi connectivity index (χ2n) is 9.30. The molecule has 1 N–H and O–H groups in total. The van der Waals surface area contributed by atoms with Crippen LogP contribution in [-0.2, 0) is 11.3 Å². The van der Waals surface area contributed by atoms with Gasteiger partial charge in [0.15, 0.2) is 0 Å². The van der Waals surface area contributed by atoms with E-state index in [1.54, 1.807) is 18.5 Å². The normalized spacial score (nSPS) is 21.1. The number of likely N-dealkylation sites (N-methyl/N-ethyl adjacent to an activating group) is 1. The van der Waals surface area contributed by atoms with Crippen LogP contribution in [0.3, 0.4) is 0 Å². The van der Waals surface area contributed by atoms with E-state index in [1.165, 1.54) is 5.56 Å². The zero-order valence-electron chi connectivity index (χ0n) is 19.5. The number of piperidine rings is 1. The third kappa shape index (κ3) is 6.65. The summed E-state index contributed by atoms with van der Waals surface area (Å²) in [5, 5.41) is 11.2. The molecule has 0 saturated carbocycles. The minimum Gasteiger partial charge on any atom is -0.494 e. The van der Waals surface area contributed by atoms with Crippen LogP contribution in [-0.4, -0.2) is 82.8 Å². The van der Waals surface area contributed by atoms with E-state index in [0.717, 1.165) is 57.6 Å². The summed E-state index contributed by atoms with van der Waals surface area (Å²) in [7, 11) is 2.04. The number of carbonyl (C=O) groups is 1. The van der Waals surface area contributed by atoms with Crippen molar-refractivity contribution in [3.05, 3.63) is 48.3 Å². The molecule has 4 rings (SSSR count). The number of likely N-dealkylation sites (tertiary alicyclic amines) is 1. The van der Waals surface area contributed by atoms with E-state index in [9.17, 15) is 9.90 Å². The number of nitrogens with zero attached hydrogens (tertiary/aromatic N) is 5. The number of benzene rings is 1. The Labute approximate surface area is 196 Å². The summed E-state index contributed by atoms with van der Waals surface area (Å²) in [5.41, 5.74) is 0.390. The number of aromatic nitrogens is 2. The van der Waals surface area contributed by atoms with Crippen LogP contribution in [0, 0.1) is 0 Å². The van der Waals surface area contributed by atoms with Crippen molar-refractivity contribution in [1.29, 1.82) is 0 Å². The Hall–Kier alpha value is -2.71. The Morgan fingerprint density at radius 1 is 1.15 bits per heavy atom. The number of hydrogen-bond donors (Lipinski definition) is 1. The van der Waals surface area contributed by atoms with Crippen molar-refractivity contribution in [2.75, 3.05) is 51.3 Å². The van der Waals surface area contributed by atoms with Crippen LogP contribution in [0.1, 0.15) is 37.7 Å². The highest BCUT2D eigenvalue weighted by Crippen LogP contribution is 2.25. The number of carbonyl (C=O) groups excluding carboxylic acids is 1. The SMILES string of the molecule is CN(Cc1ccc(OCCCN2CCCC2=O)cc1)C[C@@]1(O)CCCN(c2ncccn2)C1. The van der Waals surface area contributed by atoms with Crippen molar-refractivity contribution in [1.82, 2.24) is 19.8 Å². The van der Waals surface area contributed by atoms with Gasteiger partial charge in [0, 0.05) is 51.5 Å². The van der Waals surface area contributed by atoms with Gasteiger partial charge in [-0.2, -0.15) is 0 Å². The summed E-state index contributed by atoms with van der Waals surface area (Å²) in [5.74, 6) is 1.79. The molecule has 2 saturated heterocycles. The van der Waals surface area contributed by atoms with Crippen LogP contribution in [0.4, 0.5) is 5.95 Å². The highest BCUT2D eigenvalue weighted by atomic mass is 16.5. The zero-order valence-corrected chi connectivity index (χ0v) is 19.5. The van der Waals surface area contributed by atoms with Crippen molar-refractivity contribution < 1.29 is 14.6 Å². The Kier molecular flexibility index (Phi) is 7.77. The fourth-order valence-electron chi connectivity index (χ4n) is 4.81. The first-order valence-electron chi connectivity index (χ1n) is 11.9. The molecule has 1 amide bonds. The van der Waals surface area contributed by atoms with Crippen molar-refractivity contribution in [2.45, 2.75) is 44.2 Å². The Morgan fingerprint density at radius 3 is 2.67 bits per heavy atom. The molecule has 0 unspecified atom stereocenters. The quantitative estimate of drug-likeness (QED) is 0.553. The number of rotatable bonds is 10. The topological polar surface area (TPSA) is 82.0 Å². The molecule has 1 atom stereocenters. The minimum atomic E-state index is -0.786. The van der Waals surface area contributed by atoms with Crippen LogP contribution < -0.4 is 9.64 Å². The van der Waals surface area contributed by atoms with Crippen LogP contribution in [0.5, 0.6) is 5.75 Å². The molecule has 0 radical (unpaired) electrons. The van der Waals surface area contributed by atoms with E-state index < -0.39 is 5.60 Å². The molecule has 1 aromatic heterocycles. The first-order chi connectivity index (χ1) is 16.0. The standard InChI is InChI=1S/C25H35N5O3/c1-28(19-25(32)11-3-15-30(20-25)24-26-12-4-13-27-24)18-21-7-9-22(10-8-21)33-17-5-16-29-14-2-6-23(29)31/h4,7-10,12-13,32H,2-3,5-6,11,14-20H2,1H3/t25-/m0/s1. The Morgan fingerprint density at radius 2 is 1.94 bits per heavy atom. The lowest BCUT2D eigenvalue weighted by atomic mass is 9.92. The minimum absolute atomic E-state index is 0.266. The van der Waals surface area contributed by atoms with Gasteiger partial charge < -0.3 is 19.6 Å². The van der Waals surface area contributed by atoms with Crippen molar-refractivity contribution in [3.63, 3.8) is 0 Å². The number of ether oxygens (including phenoxy) is 1. The number of β-amino-alcohol motifs (C(OH)–C–C–N with tert-alkyl or cyclic N) is 1. The summed E-state index contributed by atoms with van der Waals surface area (Å²) >= 11 is 0. The Balaban J connectivity index is 1.21. The molecular formula is C25H35N5O3.